The van der Waals surface area contributed by atoms with Crippen molar-refractivity contribution in [1.29, 1.82) is 0 Å². The van der Waals surface area contributed by atoms with E-state index >= 15 is 0 Å². The molecular formula is C11H16N2O4S. The van der Waals surface area contributed by atoms with Crippen molar-refractivity contribution in [3.8, 4) is 0 Å². The molecule has 1 unspecified atom stereocenters. The highest BCUT2D eigenvalue weighted by Crippen LogP contribution is 2.33. The molecule has 2 rings (SSSR count). The van der Waals surface area contributed by atoms with Crippen molar-refractivity contribution in [2.75, 3.05) is 6.54 Å². The number of H-pyrrole nitrogens is 1. The minimum atomic E-state index is -3.75. The standard InChI is InChI=1S/C11H16N2O4S/c1-11(10(14)15)5-2-3-7-13(11)18(16,17)9-4-6-12-8-9/h4,6,8,12H,2-3,5,7H2,1H3,(H,14,15). The molecule has 1 aromatic heterocycles. The van der Waals surface area contributed by atoms with E-state index in [1.54, 1.807) is 0 Å². The van der Waals surface area contributed by atoms with Gasteiger partial charge in [-0.15, -0.1) is 0 Å². The van der Waals surface area contributed by atoms with Crippen molar-refractivity contribution >= 4 is 16.0 Å². The highest BCUT2D eigenvalue weighted by Gasteiger charge is 2.47. The van der Waals surface area contributed by atoms with E-state index in [-0.39, 0.29) is 11.4 Å². The second-order valence-corrected chi connectivity index (χ2v) is 6.52. The number of aromatic amines is 1. The molecule has 1 aromatic rings. The average molecular weight is 272 g/mol. The number of sulfonamides is 1. The van der Waals surface area contributed by atoms with E-state index in [2.05, 4.69) is 4.98 Å². The first-order valence-corrected chi connectivity index (χ1v) is 7.22. The molecule has 0 radical (unpaired) electrons. The van der Waals surface area contributed by atoms with Crippen molar-refractivity contribution < 1.29 is 18.3 Å². The third kappa shape index (κ3) is 1.93. The van der Waals surface area contributed by atoms with E-state index in [0.29, 0.717) is 12.8 Å². The van der Waals surface area contributed by atoms with Gasteiger partial charge in [0.2, 0.25) is 10.0 Å². The third-order valence-electron chi connectivity index (χ3n) is 3.44. The second-order valence-electron chi connectivity index (χ2n) is 4.66. The lowest BCUT2D eigenvalue weighted by atomic mass is 9.91. The maximum Gasteiger partial charge on any atom is 0.324 e. The predicted octanol–water partition coefficient (Wildman–Crippen LogP) is 1.03. The van der Waals surface area contributed by atoms with Gasteiger partial charge in [0, 0.05) is 18.9 Å². The summed E-state index contributed by atoms with van der Waals surface area (Å²) in [6.45, 7) is 1.72. The number of hydrogen-bond acceptors (Lipinski definition) is 3. The van der Waals surface area contributed by atoms with Gasteiger partial charge in [-0.25, -0.2) is 8.42 Å². The molecule has 2 heterocycles. The number of nitrogens with zero attached hydrogens (tertiary/aromatic N) is 1. The summed E-state index contributed by atoms with van der Waals surface area (Å²) < 4.78 is 25.9. The van der Waals surface area contributed by atoms with Gasteiger partial charge < -0.3 is 10.1 Å². The Morgan fingerprint density at radius 2 is 2.22 bits per heavy atom. The van der Waals surface area contributed by atoms with Crippen LogP contribution in [0, 0.1) is 0 Å². The van der Waals surface area contributed by atoms with Gasteiger partial charge in [0.1, 0.15) is 5.54 Å². The Kier molecular flexibility index (Phi) is 3.20. The van der Waals surface area contributed by atoms with Crippen LogP contribution in [0.25, 0.3) is 0 Å². The van der Waals surface area contributed by atoms with Crippen LogP contribution in [0.15, 0.2) is 23.4 Å². The fourth-order valence-corrected chi connectivity index (χ4v) is 4.07. The number of carboxylic acid groups (broad SMARTS) is 1. The lowest BCUT2D eigenvalue weighted by Gasteiger charge is -2.40. The number of aliphatic carboxylic acids is 1. The zero-order valence-corrected chi connectivity index (χ0v) is 10.9. The molecule has 1 atom stereocenters. The highest BCUT2D eigenvalue weighted by atomic mass is 32.2. The van der Waals surface area contributed by atoms with E-state index < -0.39 is 21.5 Å². The summed E-state index contributed by atoms with van der Waals surface area (Å²) in [7, 11) is -3.75. The lowest BCUT2D eigenvalue weighted by molar-refractivity contribution is -0.149. The van der Waals surface area contributed by atoms with Gasteiger partial charge in [-0.1, -0.05) is 0 Å². The first-order chi connectivity index (χ1) is 8.39. The van der Waals surface area contributed by atoms with Crippen LogP contribution < -0.4 is 0 Å². The van der Waals surface area contributed by atoms with Gasteiger partial charge >= 0.3 is 5.97 Å². The van der Waals surface area contributed by atoms with E-state index in [9.17, 15) is 18.3 Å². The monoisotopic (exact) mass is 272 g/mol. The molecule has 1 aliphatic rings. The number of hydrogen-bond donors (Lipinski definition) is 2. The van der Waals surface area contributed by atoms with E-state index in [4.69, 9.17) is 0 Å². The largest absolute Gasteiger partial charge is 0.480 e. The first kappa shape index (κ1) is 13.1. The number of aromatic nitrogens is 1. The summed E-state index contributed by atoms with van der Waals surface area (Å²) in [5.74, 6) is -1.10. The average Bonchev–Trinajstić information content (AvgIpc) is 2.83. The van der Waals surface area contributed by atoms with Crippen LogP contribution in [0.2, 0.25) is 0 Å². The maximum absolute atomic E-state index is 12.4. The van der Waals surface area contributed by atoms with Gasteiger partial charge in [-0.3, -0.25) is 4.79 Å². The van der Waals surface area contributed by atoms with Gasteiger partial charge in [0.05, 0.1) is 4.90 Å². The molecule has 1 aliphatic heterocycles. The lowest BCUT2D eigenvalue weighted by Crippen LogP contribution is -2.57. The molecule has 0 aromatic carbocycles. The zero-order valence-electron chi connectivity index (χ0n) is 10.1. The molecule has 2 N–H and O–H groups in total. The minimum Gasteiger partial charge on any atom is -0.480 e. The van der Waals surface area contributed by atoms with Crippen molar-refractivity contribution in [3.63, 3.8) is 0 Å². The van der Waals surface area contributed by atoms with E-state index in [1.807, 2.05) is 0 Å². The van der Waals surface area contributed by atoms with Crippen LogP contribution in [-0.2, 0) is 14.8 Å². The summed E-state index contributed by atoms with van der Waals surface area (Å²) in [6.07, 6.45) is 4.63. The summed E-state index contributed by atoms with van der Waals surface area (Å²) >= 11 is 0. The van der Waals surface area contributed by atoms with Crippen molar-refractivity contribution in [2.24, 2.45) is 0 Å². The van der Waals surface area contributed by atoms with Gasteiger partial charge in [-0.2, -0.15) is 4.31 Å². The number of carbonyl (C=O) groups is 1. The smallest absolute Gasteiger partial charge is 0.324 e. The summed E-state index contributed by atoms with van der Waals surface area (Å²) in [6, 6.07) is 1.44. The molecule has 1 fully saturated rings. The molecule has 0 aliphatic carbocycles. The number of piperidine rings is 1. The Morgan fingerprint density at radius 1 is 1.50 bits per heavy atom. The normalized spacial score (nSPS) is 26.1. The zero-order chi connectivity index (χ0) is 13.4. The Hall–Kier alpha value is -1.34. The molecule has 1 saturated heterocycles. The predicted molar refractivity (Wildman–Crippen MR) is 64.6 cm³/mol. The molecule has 6 nitrogen and oxygen atoms in total. The number of nitrogens with one attached hydrogen (secondary N) is 1. The first-order valence-electron chi connectivity index (χ1n) is 5.78. The van der Waals surface area contributed by atoms with Crippen molar-refractivity contribution in [3.05, 3.63) is 18.5 Å². The molecule has 0 amide bonds. The van der Waals surface area contributed by atoms with Crippen LogP contribution in [0.4, 0.5) is 0 Å². The van der Waals surface area contributed by atoms with Gasteiger partial charge in [0.25, 0.3) is 0 Å². The van der Waals surface area contributed by atoms with E-state index in [1.165, 1.54) is 25.4 Å². The van der Waals surface area contributed by atoms with Crippen molar-refractivity contribution in [2.45, 2.75) is 36.6 Å². The fourth-order valence-electron chi connectivity index (χ4n) is 2.29. The second kappa shape index (κ2) is 4.40. The summed E-state index contributed by atoms with van der Waals surface area (Å²) in [4.78, 5) is 14.2. The Morgan fingerprint density at radius 3 is 2.78 bits per heavy atom. The number of carboxylic acids is 1. The topological polar surface area (TPSA) is 90.5 Å². The van der Waals surface area contributed by atoms with E-state index in [0.717, 1.165) is 10.7 Å². The van der Waals surface area contributed by atoms with Crippen LogP contribution >= 0.6 is 0 Å². The van der Waals surface area contributed by atoms with Crippen LogP contribution in [0.5, 0.6) is 0 Å². The molecule has 0 bridgehead atoms. The molecular weight excluding hydrogens is 256 g/mol. The SMILES string of the molecule is CC1(C(=O)O)CCCCN1S(=O)(=O)c1cc[nH]c1. The molecule has 0 saturated carbocycles. The quantitative estimate of drug-likeness (QED) is 0.860. The molecule has 18 heavy (non-hydrogen) atoms. The third-order valence-corrected chi connectivity index (χ3v) is 5.46. The van der Waals surface area contributed by atoms with Crippen LogP contribution in [0.1, 0.15) is 26.2 Å². The van der Waals surface area contributed by atoms with Gasteiger partial charge in [0.15, 0.2) is 0 Å². The van der Waals surface area contributed by atoms with Crippen LogP contribution in [-0.4, -0.2) is 40.9 Å². The fraction of sp³-hybridized carbons (Fsp3) is 0.545. The highest BCUT2D eigenvalue weighted by molar-refractivity contribution is 7.89. The summed E-state index contributed by atoms with van der Waals surface area (Å²) in [5.41, 5.74) is -1.35. The Balaban J connectivity index is 2.45. The Bertz CT molecular complexity index is 537. The van der Waals surface area contributed by atoms with Gasteiger partial charge in [-0.05, 0) is 32.3 Å². The van der Waals surface area contributed by atoms with Crippen molar-refractivity contribution in [1.82, 2.24) is 9.29 Å². The molecule has 100 valence electrons. The molecule has 0 spiro atoms. The molecule has 7 heteroatoms. The van der Waals surface area contributed by atoms with Crippen LogP contribution in [0.3, 0.4) is 0 Å². The number of rotatable bonds is 3. The Labute approximate surface area is 106 Å². The maximum atomic E-state index is 12.4. The summed E-state index contributed by atoms with van der Waals surface area (Å²) in [5, 5.41) is 9.31. The minimum absolute atomic E-state index is 0.108.